The molecular weight excluding hydrogens is 442 g/mol. The number of diazo groups is 1. The summed E-state index contributed by atoms with van der Waals surface area (Å²) < 4.78 is 10.3. The number of benzene rings is 2. The van der Waals surface area contributed by atoms with Gasteiger partial charge in [0.2, 0.25) is 11.1 Å². The Bertz CT molecular complexity index is 727. The molecule has 2 aromatic rings. The van der Waals surface area contributed by atoms with E-state index in [1.807, 2.05) is 6.07 Å². The number of amides is 1. The summed E-state index contributed by atoms with van der Waals surface area (Å²) in [6, 6.07) is 11.8. The Kier molecular flexibility index (Phi) is 11.9. The summed E-state index contributed by atoms with van der Waals surface area (Å²) in [6.45, 7) is 0. The van der Waals surface area contributed by atoms with Crippen molar-refractivity contribution in [3.05, 3.63) is 53.0 Å². The molecule has 130 valence electrons. The van der Waals surface area contributed by atoms with Crippen LogP contribution < -0.4 is 27.2 Å². The van der Waals surface area contributed by atoms with Crippen LogP contribution in [0.15, 0.2) is 42.5 Å². The standard InChI is InChI=1S/C15H13N3O3.3ClH.Zn/c1-20-13-9-12(18-16)14(21-2)8-11(13)17-15(19)10-6-4-3-5-7-10;;;;/h3-9H,1-2H3;3*1H;/q;;;;+2/p-2. The van der Waals surface area contributed by atoms with E-state index in [2.05, 4.69) is 10.3 Å². The number of methoxy groups -OCH3 is 2. The number of carbonyl (C=O) groups is 1. The molecule has 1 amide bonds. The van der Waals surface area contributed by atoms with Crippen LogP contribution in [-0.2, 0) is 15.1 Å². The quantitative estimate of drug-likeness (QED) is 0.563. The van der Waals surface area contributed by atoms with Crippen LogP contribution in [0.3, 0.4) is 0 Å². The molecule has 0 fully saturated rings. The third-order valence-corrected chi connectivity index (χ3v) is 2.89. The molecule has 0 radical (unpaired) electrons. The molecule has 0 saturated carbocycles. The van der Waals surface area contributed by atoms with Gasteiger partial charge in [-0.15, -0.1) is 0 Å². The Labute approximate surface area is 167 Å². The van der Waals surface area contributed by atoms with Gasteiger partial charge in [-0.25, -0.2) is 0 Å². The first kappa shape index (κ1) is 23.4. The molecule has 0 spiro atoms. The molecule has 1 N–H and O–H groups in total. The first-order chi connectivity index (χ1) is 11.6. The van der Waals surface area contributed by atoms with Crippen LogP contribution in [0.4, 0.5) is 11.4 Å². The number of ether oxygens (including phenoxy) is 2. The summed E-state index contributed by atoms with van der Waals surface area (Å²) >= 11 is -0.931. The molecule has 10 heteroatoms. The number of anilines is 1. The number of hydrogen-bond donors (Lipinski definition) is 1. The van der Waals surface area contributed by atoms with Crippen LogP contribution in [0.1, 0.15) is 10.4 Å². The van der Waals surface area contributed by atoms with E-state index in [1.54, 1.807) is 24.3 Å². The minimum atomic E-state index is -0.931. The number of hydrogen-bond acceptors (Lipinski definition) is 4. The number of carbonyl (C=O) groups excluding carboxylic acids is 1. The summed E-state index contributed by atoms with van der Waals surface area (Å²) in [4.78, 5) is 15.3. The molecule has 0 unspecified atom stereocenters. The Hall–Kier alpha value is -1.58. The molecule has 0 bridgehead atoms. The molecular formula is C15H14Cl3N3O3Zn. The molecule has 6 nitrogen and oxygen atoms in total. The zero-order valence-electron chi connectivity index (χ0n) is 13.5. The first-order valence-electron chi connectivity index (χ1n) is 6.70. The first-order valence-corrected chi connectivity index (χ1v) is 14.5. The topological polar surface area (TPSA) is 75.7 Å². The van der Waals surface area contributed by atoms with E-state index in [0.29, 0.717) is 22.7 Å². The van der Waals surface area contributed by atoms with Gasteiger partial charge in [0.25, 0.3) is 5.91 Å². The normalized spacial score (nSPS) is 8.44. The van der Waals surface area contributed by atoms with E-state index in [1.165, 1.54) is 26.4 Å². The van der Waals surface area contributed by atoms with E-state index in [-0.39, 0.29) is 24.0 Å². The van der Waals surface area contributed by atoms with Crippen LogP contribution in [0, 0.1) is 5.39 Å². The second kappa shape index (κ2) is 12.7. The van der Waals surface area contributed by atoms with Gasteiger partial charge < -0.3 is 27.2 Å². The number of nitrogens with one attached hydrogen (secondary N) is 1. The molecule has 0 aliphatic carbocycles. The summed E-state index contributed by atoms with van der Waals surface area (Å²) in [6.07, 6.45) is 0. The van der Waals surface area contributed by atoms with Crippen LogP contribution >= 0.6 is 19.4 Å². The van der Waals surface area contributed by atoms with Crippen LogP contribution in [0.25, 0.3) is 4.98 Å². The maximum absolute atomic E-state index is 12.2. The second-order valence-corrected chi connectivity index (χ2v) is 8.87. The van der Waals surface area contributed by atoms with Crippen molar-refractivity contribution in [2.24, 2.45) is 0 Å². The van der Waals surface area contributed by atoms with Crippen LogP contribution in [0.2, 0.25) is 0 Å². The molecule has 0 heterocycles. The maximum atomic E-state index is 12.2. The second-order valence-electron chi connectivity index (χ2n) is 4.25. The van der Waals surface area contributed by atoms with Crippen molar-refractivity contribution in [2.75, 3.05) is 19.5 Å². The molecule has 0 aromatic heterocycles. The van der Waals surface area contributed by atoms with Crippen molar-refractivity contribution in [3.63, 3.8) is 0 Å². The summed E-state index contributed by atoms with van der Waals surface area (Å²) in [5.74, 6) is 0.416. The summed E-state index contributed by atoms with van der Waals surface area (Å²) in [7, 11) is 12.8. The van der Waals surface area contributed by atoms with Crippen molar-refractivity contribution in [1.29, 1.82) is 5.39 Å². The van der Waals surface area contributed by atoms with Crippen LogP contribution in [-0.4, -0.2) is 20.1 Å². The Morgan fingerprint density at radius 2 is 1.68 bits per heavy atom. The average molecular weight is 456 g/mol. The van der Waals surface area contributed by atoms with Gasteiger partial charge in [-0.2, -0.15) is 0 Å². The van der Waals surface area contributed by atoms with Gasteiger partial charge in [-0.05, 0) is 12.1 Å². The third-order valence-electron chi connectivity index (χ3n) is 2.89. The molecule has 25 heavy (non-hydrogen) atoms. The fourth-order valence-electron chi connectivity index (χ4n) is 1.84. The molecule has 0 atom stereocenters. The van der Waals surface area contributed by atoms with Crippen molar-refractivity contribution in [3.8, 4) is 11.5 Å². The summed E-state index contributed by atoms with van der Waals surface area (Å²) in [5, 5.41) is 11.7. The predicted molar refractivity (Wildman–Crippen MR) is 90.4 cm³/mol. The zero-order valence-corrected chi connectivity index (χ0v) is 18.7. The predicted octanol–water partition coefficient (Wildman–Crippen LogP) is 1.82. The van der Waals surface area contributed by atoms with E-state index in [0.717, 1.165) is 0 Å². The number of rotatable bonds is 4. The van der Waals surface area contributed by atoms with E-state index >= 15 is 0 Å². The zero-order chi connectivity index (χ0) is 17.9. The summed E-state index contributed by atoms with van der Waals surface area (Å²) in [5.41, 5.74) is 1.16. The van der Waals surface area contributed by atoms with E-state index < -0.39 is 15.1 Å². The van der Waals surface area contributed by atoms with Gasteiger partial charge in [0.05, 0.1) is 26.0 Å². The molecule has 0 aliphatic rings. The SMILES string of the molecule is COc1cc(NC(=O)c2ccccc2)c(OC)cc1[N+]#N.[Cl-].[Cl][Zn][Cl]. The average Bonchev–Trinajstić information content (AvgIpc) is 2.62. The van der Waals surface area contributed by atoms with E-state index in [4.69, 9.17) is 34.2 Å². The fraction of sp³-hybridized carbons (Fsp3) is 0.133. The molecule has 0 aliphatic heterocycles. The number of nitrogens with zero attached hydrogens (tertiary/aromatic N) is 2. The van der Waals surface area contributed by atoms with Gasteiger partial charge in [-0.3, -0.25) is 4.79 Å². The van der Waals surface area contributed by atoms with E-state index in [9.17, 15) is 4.79 Å². The third kappa shape index (κ3) is 7.05. The van der Waals surface area contributed by atoms with Crippen molar-refractivity contribution >= 4 is 36.7 Å². The fourth-order valence-corrected chi connectivity index (χ4v) is 1.84. The van der Waals surface area contributed by atoms with Gasteiger partial charge in [-0.1, -0.05) is 18.2 Å². The Morgan fingerprint density at radius 1 is 1.12 bits per heavy atom. The molecule has 0 saturated heterocycles. The Balaban J connectivity index is 0.00000134. The van der Waals surface area contributed by atoms with Crippen LogP contribution in [0.5, 0.6) is 11.5 Å². The van der Waals surface area contributed by atoms with Gasteiger partial charge in [0.1, 0.15) is 0 Å². The van der Waals surface area contributed by atoms with Crippen molar-refractivity contribution in [1.82, 2.24) is 0 Å². The van der Waals surface area contributed by atoms with Gasteiger partial charge >= 0.3 is 40.2 Å². The van der Waals surface area contributed by atoms with Crippen molar-refractivity contribution < 1.29 is 41.8 Å². The van der Waals surface area contributed by atoms with Gasteiger partial charge in [0.15, 0.2) is 10.7 Å². The molecule has 2 aromatic carbocycles. The number of halogens is 3. The monoisotopic (exact) mass is 453 g/mol. The van der Waals surface area contributed by atoms with Crippen molar-refractivity contribution in [2.45, 2.75) is 0 Å². The Morgan fingerprint density at radius 3 is 2.16 bits per heavy atom. The molecule has 2 rings (SSSR count). The van der Waals surface area contributed by atoms with Gasteiger partial charge in [0, 0.05) is 11.6 Å². The minimum absolute atomic E-state index is 0.